The van der Waals surface area contributed by atoms with Gasteiger partial charge in [-0.1, -0.05) is 24.3 Å². The normalized spacial score (nSPS) is 17.4. The number of rotatable bonds is 7. The molecule has 10 heteroatoms. The summed E-state index contributed by atoms with van der Waals surface area (Å²) in [5.41, 5.74) is 1.14. The Morgan fingerprint density at radius 1 is 0.941 bits per heavy atom. The minimum absolute atomic E-state index is 0.131. The molecule has 8 nitrogen and oxygen atoms in total. The fraction of sp³-hybridized carbons (Fsp3) is 0.292. The van der Waals surface area contributed by atoms with Gasteiger partial charge in [-0.05, 0) is 61.0 Å². The van der Waals surface area contributed by atoms with Gasteiger partial charge >= 0.3 is 0 Å². The van der Waals surface area contributed by atoms with Crippen LogP contribution in [0.4, 0.5) is 11.4 Å². The molecule has 0 spiro atoms. The average Bonchev–Trinajstić information content (AvgIpc) is 3.43. The van der Waals surface area contributed by atoms with E-state index in [1.165, 1.54) is 20.7 Å². The number of nitrogens with one attached hydrogen (secondary N) is 1. The van der Waals surface area contributed by atoms with Gasteiger partial charge in [-0.25, -0.2) is 16.8 Å². The molecule has 1 fully saturated rings. The van der Waals surface area contributed by atoms with Crippen LogP contribution in [-0.4, -0.2) is 46.7 Å². The molecule has 0 atom stereocenters. The predicted molar refractivity (Wildman–Crippen MR) is 131 cm³/mol. The lowest BCUT2D eigenvalue weighted by Crippen LogP contribution is -2.29. The summed E-state index contributed by atoms with van der Waals surface area (Å²) in [5.74, 6) is -0.262. The quantitative estimate of drug-likeness (QED) is 0.535. The Hall–Kier alpha value is -2.95. The van der Waals surface area contributed by atoms with Crippen molar-refractivity contribution >= 4 is 48.1 Å². The number of nitrogens with zero attached hydrogens (tertiary/aromatic N) is 2. The van der Waals surface area contributed by atoms with Crippen molar-refractivity contribution in [2.75, 3.05) is 29.3 Å². The molecule has 1 saturated heterocycles. The van der Waals surface area contributed by atoms with Crippen LogP contribution < -0.4 is 9.62 Å². The Bertz CT molecular complexity index is 1460. The van der Waals surface area contributed by atoms with Crippen LogP contribution in [0.3, 0.4) is 0 Å². The lowest BCUT2D eigenvalue weighted by molar-refractivity contribution is -0.116. The zero-order chi connectivity index (χ0) is 23.9. The Morgan fingerprint density at radius 2 is 1.62 bits per heavy atom. The molecule has 1 amide bonds. The highest BCUT2D eigenvalue weighted by molar-refractivity contribution is 7.93. The van der Waals surface area contributed by atoms with E-state index in [-0.39, 0.29) is 23.8 Å². The van der Waals surface area contributed by atoms with Crippen LogP contribution in [0.1, 0.15) is 25.7 Å². The maximum Gasteiger partial charge on any atom is 0.265 e. The smallest absolute Gasteiger partial charge is 0.265 e. The molecule has 1 N–H and O–H groups in total. The van der Waals surface area contributed by atoms with Crippen LogP contribution in [0.5, 0.6) is 0 Å². The minimum atomic E-state index is -3.64. The third kappa shape index (κ3) is 3.95. The van der Waals surface area contributed by atoms with E-state index in [0.717, 1.165) is 23.6 Å². The second-order valence-corrected chi connectivity index (χ2v) is 12.3. The van der Waals surface area contributed by atoms with Crippen molar-refractivity contribution in [3.63, 3.8) is 0 Å². The van der Waals surface area contributed by atoms with Crippen molar-refractivity contribution in [3.8, 4) is 0 Å². The molecule has 0 radical (unpaired) electrons. The zero-order valence-electron chi connectivity index (χ0n) is 18.5. The molecule has 0 unspecified atom stereocenters. The first-order chi connectivity index (χ1) is 16.3. The van der Waals surface area contributed by atoms with E-state index < -0.39 is 20.0 Å². The predicted octanol–water partition coefficient (Wildman–Crippen LogP) is 3.55. The highest BCUT2D eigenvalue weighted by atomic mass is 32.2. The third-order valence-electron chi connectivity index (χ3n) is 6.29. The first kappa shape index (κ1) is 22.8. The number of benzene rings is 3. The Kier molecular flexibility index (Phi) is 5.83. The van der Waals surface area contributed by atoms with Gasteiger partial charge in [-0.15, -0.1) is 0 Å². The molecule has 2 aliphatic rings. The van der Waals surface area contributed by atoms with Gasteiger partial charge in [0.1, 0.15) is 0 Å². The summed E-state index contributed by atoms with van der Waals surface area (Å²) in [5, 5.41) is 4.35. The van der Waals surface area contributed by atoms with Gasteiger partial charge in [-0.3, -0.25) is 9.10 Å². The van der Waals surface area contributed by atoms with Gasteiger partial charge in [0.05, 0.1) is 15.5 Å². The van der Waals surface area contributed by atoms with Crippen molar-refractivity contribution in [1.82, 2.24) is 4.31 Å². The van der Waals surface area contributed by atoms with Crippen molar-refractivity contribution in [2.45, 2.75) is 35.5 Å². The van der Waals surface area contributed by atoms with Crippen LogP contribution in [0.15, 0.2) is 70.5 Å². The number of anilines is 2. The number of sulfonamides is 2. The molecule has 3 aromatic rings. The summed E-state index contributed by atoms with van der Waals surface area (Å²) >= 11 is 0. The molecule has 3 aromatic carbocycles. The molecular formula is C24H25N3O5S2. The molecule has 0 saturated carbocycles. The molecule has 0 aromatic heterocycles. The van der Waals surface area contributed by atoms with Gasteiger partial charge in [0.2, 0.25) is 15.9 Å². The fourth-order valence-corrected chi connectivity index (χ4v) is 7.86. The molecule has 178 valence electrons. The second kappa shape index (κ2) is 8.68. The van der Waals surface area contributed by atoms with Gasteiger partial charge in [0.15, 0.2) is 0 Å². The lowest BCUT2D eigenvalue weighted by Gasteiger charge is -2.18. The number of carbonyl (C=O) groups excluding carboxylic acids is 1. The monoisotopic (exact) mass is 499 g/mol. The van der Waals surface area contributed by atoms with Crippen LogP contribution in [0, 0.1) is 0 Å². The molecule has 0 bridgehead atoms. The van der Waals surface area contributed by atoms with Gasteiger partial charge in [0.25, 0.3) is 10.0 Å². The summed E-state index contributed by atoms with van der Waals surface area (Å²) in [6, 6.07) is 16.9. The van der Waals surface area contributed by atoms with E-state index >= 15 is 0 Å². The van der Waals surface area contributed by atoms with Crippen molar-refractivity contribution < 1.29 is 21.6 Å². The number of carbonyl (C=O) groups is 1. The van der Waals surface area contributed by atoms with E-state index in [1.807, 2.05) is 18.2 Å². The molecule has 2 heterocycles. The summed E-state index contributed by atoms with van der Waals surface area (Å²) in [6.45, 7) is 1.26. The van der Waals surface area contributed by atoms with Crippen LogP contribution in [0.25, 0.3) is 10.8 Å². The summed E-state index contributed by atoms with van der Waals surface area (Å²) < 4.78 is 54.1. The molecule has 5 rings (SSSR count). The maximum absolute atomic E-state index is 13.0. The molecule has 0 aliphatic carbocycles. The van der Waals surface area contributed by atoms with Crippen LogP contribution in [-0.2, 0) is 24.8 Å². The zero-order valence-corrected chi connectivity index (χ0v) is 20.1. The van der Waals surface area contributed by atoms with Crippen molar-refractivity contribution in [2.24, 2.45) is 0 Å². The minimum Gasteiger partial charge on any atom is -0.326 e. The largest absolute Gasteiger partial charge is 0.326 e. The number of hydrogen-bond acceptors (Lipinski definition) is 5. The van der Waals surface area contributed by atoms with E-state index in [0.29, 0.717) is 35.8 Å². The molecule has 34 heavy (non-hydrogen) atoms. The molecular weight excluding hydrogens is 474 g/mol. The summed E-state index contributed by atoms with van der Waals surface area (Å²) in [6.07, 6.45) is 2.21. The SMILES string of the molecule is O=C(CCCN1c2cccc3cccc(c23)S1(=O)=O)Nc1ccc(S(=O)(=O)N2CCCC2)cc1. The van der Waals surface area contributed by atoms with Crippen LogP contribution >= 0.6 is 0 Å². The van der Waals surface area contributed by atoms with E-state index in [1.54, 1.807) is 30.3 Å². The number of hydrogen-bond donors (Lipinski definition) is 1. The third-order valence-corrected chi connectivity index (χ3v) is 10.1. The highest BCUT2D eigenvalue weighted by Gasteiger charge is 2.35. The summed E-state index contributed by atoms with van der Waals surface area (Å²) in [7, 11) is -7.14. The van der Waals surface area contributed by atoms with Gasteiger partial charge in [-0.2, -0.15) is 4.31 Å². The maximum atomic E-state index is 13.0. The van der Waals surface area contributed by atoms with E-state index in [2.05, 4.69) is 5.32 Å². The van der Waals surface area contributed by atoms with E-state index in [4.69, 9.17) is 0 Å². The van der Waals surface area contributed by atoms with Gasteiger partial charge < -0.3 is 5.32 Å². The number of amides is 1. The Morgan fingerprint density at radius 3 is 2.32 bits per heavy atom. The Balaban J connectivity index is 1.20. The molecule has 2 aliphatic heterocycles. The first-order valence-electron chi connectivity index (χ1n) is 11.2. The second-order valence-electron chi connectivity index (χ2n) is 8.50. The summed E-state index contributed by atoms with van der Waals surface area (Å²) in [4.78, 5) is 13.0. The standard InChI is InChI=1S/C24H25N3O5S2/c28-23(25-19-11-13-20(14-12-19)33(29,30)26-15-1-2-16-26)10-5-17-27-21-8-3-6-18-7-4-9-22(24(18)21)34(27,31)32/h3-4,6-9,11-14H,1-2,5,10,15-17H2,(H,25,28). The average molecular weight is 500 g/mol. The van der Waals surface area contributed by atoms with E-state index in [9.17, 15) is 21.6 Å². The van der Waals surface area contributed by atoms with Crippen LogP contribution in [0.2, 0.25) is 0 Å². The first-order valence-corrected chi connectivity index (χ1v) is 14.1. The lowest BCUT2D eigenvalue weighted by atomic mass is 10.1. The Labute approximate surface area is 199 Å². The van der Waals surface area contributed by atoms with Crippen molar-refractivity contribution in [3.05, 3.63) is 60.7 Å². The topological polar surface area (TPSA) is 104 Å². The van der Waals surface area contributed by atoms with Gasteiger partial charge in [0, 0.05) is 37.1 Å². The fourth-order valence-electron chi connectivity index (χ4n) is 4.59. The van der Waals surface area contributed by atoms with Crippen molar-refractivity contribution in [1.29, 1.82) is 0 Å². The highest BCUT2D eigenvalue weighted by Crippen LogP contribution is 2.42.